The predicted molar refractivity (Wildman–Crippen MR) is 40.5 cm³/mol. The van der Waals surface area contributed by atoms with Gasteiger partial charge >= 0.3 is 0 Å². The predicted octanol–water partition coefficient (Wildman–Crippen LogP) is 1.62. The van der Waals surface area contributed by atoms with Crippen LogP contribution in [0.3, 0.4) is 0 Å². The van der Waals surface area contributed by atoms with Gasteiger partial charge in [-0.05, 0) is 6.07 Å². The van der Waals surface area contributed by atoms with E-state index in [0.29, 0.717) is 16.5 Å². The standard InChI is InChI=1S/C7H5ClN2O/c1-11-6-4-10-7(8)2-5(6)3-9/h2,4H,1H3. The van der Waals surface area contributed by atoms with Gasteiger partial charge in [0.25, 0.3) is 0 Å². The number of hydrogen-bond donors (Lipinski definition) is 0. The summed E-state index contributed by atoms with van der Waals surface area (Å²) < 4.78 is 4.85. The third-order valence-corrected chi connectivity index (χ3v) is 1.38. The highest BCUT2D eigenvalue weighted by Crippen LogP contribution is 2.18. The smallest absolute Gasteiger partial charge is 0.155 e. The highest BCUT2D eigenvalue weighted by atomic mass is 35.5. The number of ether oxygens (including phenoxy) is 1. The molecule has 0 amide bonds. The lowest BCUT2D eigenvalue weighted by atomic mass is 10.3. The molecule has 1 aromatic rings. The van der Waals surface area contributed by atoms with Gasteiger partial charge in [0.05, 0.1) is 18.9 Å². The summed E-state index contributed by atoms with van der Waals surface area (Å²) in [6.07, 6.45) is 1.42. The van der Waals surface area contributed by atoms with Crippen molar-refractivity contribution in [3.05, 3.63) is 23.0 Å². The number of halogens is 1. The average Bonchev–Trinajstić information content (AvgIpc) is 2.04. The molecule has 0 radical (unpaired) electrons. The van der Waals surface area contributed by atoms with Gasteiger partial charge in [0.1, 0.15) is 11.2 Å². The van der Waals surface area contributed by atoms with Crippen LogP contribution in [0.4, 0.5) is 0 Å². The molecule has 0 N–H and O–H groups in total. The molecule has 56 valence electrons. The second kappa shape index (κ2) is 3.22. The number of nitrogens with zero attached hydrogens (tertiary/aromatic N) is 2. The maximum atomic E-state index is 8.56. The van der Waals surface area contributed by atoms with Crippen LogP contribution >= 0.6 is 11.6 Å². The van der Waals surface area contributed by atoms with E-state index in [9.17, 15) is 0 Å². The van der Waals surface area contributed by atoms with Crippen molar-refractivity contribution in [1.82, 2.24) is 4.98 Å². The van der Waals surface area contributed by atoms with Gasteiger partial charge in [-0.3, -0.25) is 0 Å². The molecule has 0 aromatic carbocycles. The third-order valence-electron chi connectivity index (χ3n) is 1.17. The Balaban J connectivity index is 3.19. The minimum Gasteiger partial charge on any atom is -0.494 e. The molecular formula is C7H5ClN2O. The maximum absolute atomic E-state index is 8.56. The first kappa shape index (κ1) is 7.83. The maximum Gasteiger partial charge on any atom is 0.155 e. The first-order valence-electron chi connectivity index (χ1n) is 2.87. The van der Waals surface area contributed by atoms with E-state index in [0.717, 1.165) is 0 Å². The van der Waals surface area contributed by atoms with Crippen LogP contribution in [0.1, 0.15) is 5.56 Å². The summed E-state index contributed by atoms with van der Waals surface area (Å²) >= 11 is 5.53. The topological polar surface area (TPSA) is 45.9 Å². The fourth-order valence-electron chi connectivity index (χ4n) is 0.667. The van der Waals surface area contributed by atoms with Crippen molar-refractivity contribution >= 4 is 11.6 Å². The molecule has 0 saturated carbocycles. The Morgan fingerprint density at radius 1 is 1.73 bits per heavy atom. The number of methoxy groups -OCH3 is 1. The fraction of sp³-hybridized carbons (Fsp3) is 0.143. The molecule has 1 aromatic heterocycles. The normalized spacial score (nSPS) is 8.82. The Bertz CT molecular complexity index is 306. The lowest BCUT2D eigenvalue weighted by Crippen LogP contribution is -1.88. The van der Waals surface area contributed by atoms with Crippen LogP contribution in [-0.4, -0.2) is 12.1 Å². The number of nitriles is 1. The number of rotatable bonds is 1. The van der Waals surface area contributed by atoms with E-state index < -0.39 is 0 Å². The Morgan fingerprint density at radius 3 is 3.00 bits per heavy atom. The van der Waals surface area contributed by atoms with Crippen LogP contribution < -0.4 is 4.74 Å². The molecule has 4 heteroatoms. The molecule has 0 unspecified atom stereocenters. The molecule has 1 rings (SSSR count). The van der Waals surface area contributed by atoms with Crippen LogP contribution in [0.5, 0.6) is 5.75 Å². The number of pyridine rings is 1. The molecule has 0 atom stereocenters. The summed E-state index contributed by atoms with van der Waals surface area (Å²) in [5, 5.41) is 8.85. The minimum absolute atomic E-state index is 0.294. The van der Waals surface area contributed by atoms with E-state index in [1.54, 1.807) is 0 Å². The van der Waals surface area contributed by atoms with Gasteiger partial charge in [0.2, 0.25) is 0 Å². The molecule has 11 heavy (non-hydrogen) atoms. The monoisotopic (exact) mass is 168 g/mol. The van der Waals surface area contributed by atoms with Gasteiger partial charge in [0.15, 0.2) is 5.75 Å². The molecule has 0 fully saturated rings. The van der Waals surface area contributed by atoms with Gasteiger partial charge in [-0.25, -0.2) is 4.98 Å². The van der Waals surface area contributed by atoms with Crippen LogP contribution in [0, 0.1) is 11.3 Å². The molecule has 0 saturated heterocycles. The molecule has 3 nitrogen and oxygen atoms in total. The molecule has 0 aliphatic carbocycles. The molecule has 0 spiro atoms. The molecule has 0 bridgehead atoms. The van der Waals surface area contributed by atoms with Gasteiger partial charge < -0.3 is 4.74 Å². The van der Waals surface area contributed by atoms with Gasteiger partial charge in [-0.15, -0.1) is 0 Å². The van der Waals surface area contributed by atoms with Crippen LogP contribution in [0.15, 0.2) is 12.3 Å². The lowest BCUT2D eigenvalue weighted by molar-refractivity contribution is 0.411. The summed E-state index contributed by atoms with van der Waals surface area (Å²) in [5.41, 5.74) is 0.396. The Labute approximate surface area is 69.2 Å². The summed E-state index contributed by atoms with van der Waals surface area (Å²) in [5.74, 6) is 0.442. The Kier molecular flexibility index (Phi) is 2.29. The quantitative estimate of drug-likeness (QED) is 0.599. The number of aromatic nitrogens is 1. The highest BCUT2D eigenvalue weighted by molar-refractivity contribution is 6.29. The first-order chi connectivity index (χ1) is 5.27. The molecule has 1 heterocycles. The molecular weight excluding hydrogens is 164 g/mol. The fourth-order valence-corrected chi connectivity index (χ4v) is 0.825. The van der Waals surface area contributed by atoms with Crippen LogP contribution in [0.2, 0.25) is 5.15 Å². The lowest BCUT2D eigenvalue weighted by Gasteiger charge is -1.99. The summed E-state index contributed by atoms with van der Waals surface area (Å²) in [6.45, 7) is 0. The minimum atomic E-state index is 0.294. The van der Waals surface area contributed by atoms with E-state index in [-0.39, 0.29) is 0 Å². The SMILES string of the molecule is COc1cnc(Cl)cc1C#N. The average molecular weight is 169 g/mol. The molecule has 0 aliphatic rings. The Hall–Kier alpha value is -1.27. The zero-order chi connectivity index (χ0) is 8.27. The van der Waals surface area contributed by atoms with E-state index in [2.05, 4.69) is 4.98 Å². The zero-order valence-corrected chi connectivity index (χ0v) is 6.59. The zero-order valence-electron chi connectivity index (χ0n) is 5.84. The van der Waals surface area contributed by atoms with E-state index in [1.807, 2.05) is 6.07 Å². The number of hydrogen-bond acceptors (Lipinski definition) is 3. The summed E-state index contributed by atoms with van der Waals surface area (Å²) in [7, 11) is 1.48. The van der Waals surface area contributed by atoms with Crippen molar-refractivity contribution in [2.45, 2.75) is 0 Å². The van der Waals surface area contributed by atoms with Crippen molar-refractivity contribution in [3.8, 4) is 11.8 Å². The van der Waals surface area contributed by atoms with E-state index in [1.165, 1.54) is 19.4 Å². The van der Waals surface area contributed by atoms with Gasteiger partial charge in [-0.1, -0.05) is 11.6 Å². The van der Waals surface area contributed by atoms with Crippen LogP contribution in [-0.2, 0) is 0 Å². The summed E-state index contributed by atoms with van der Waals surface area (Å²) in [6, 6.07) is 3.40. The molecule has 0 aliphatic heterocycles. The van der Waals surface area contributed by atoms with Crippen molar-refractivity contribution in [3.63, 3.8) is 0 Å². The van der Waals surface area contributed by atoms with Crippen molar-refractivity contribution in [1.29, 1.82) is 5.26 Å². The van der Waals surface area contributed by atoms with Crippen molar-refractivity contribution in [2.24, 2.45) is 0 Å². The Morgan fingerprint density at radius 2 is 2.45 bits per heavy atom. The second-order valence-corrected chi connectivity index (χ2v) is 2.21. The summed E-state index contributed by atoms with van der Waals surface area (Å²) in [4.78, 5) is 3.75. The van der Waals surface area contributed by atoms with Gasteiger partial charge in [0, 0.05) is 0 Å². The van der Waals surface area contributed by atoms with Crippen molar-refractivity contribution < 1.29 is 4.74 Å². The van der Waals surface area contributed by atoms with E-state index >= 15 is 0 Å². The van der Waals surface area contributed by atoms with Crippen LogP contribution in [0.25, 0.3) is 0 Å². The van der Waals surface area contributed by atoms with E-state index in [4.69, 9.17) is 21.6 Å². The highest BCUT2D eigenvalue weighted by Gasteiger charge is 2.02. The third kappa shape index (κ3) is 1.60. The van der Waals surface area contributed by atoms with Crippen molar-refractivity contribution in [2.75, 3.05) is 7.11 Å². The largest absolute Gasteiger partial charge is 0.494 e. The van der Waals surface area contributed by atoms with Gasteiger partial charge in [-0.2, -0.15) is 5.26 Å². The second-order valence-electron chi connectivity index (χ2n) is 1.82. The first-order valence-corrected chi connectivity index (χ1v) is 3.25.